The maximum atomic E-state index is 13.0. The summed E-state index contributed by atoms with van der Waals surface area (Å²) in [6, 6.07) is 17.8. The zero-order valence-corrected chi connectivity index (χ0v) is 22.9. The van der Waals surface area contributed by atoms with E-state index in [4.69, 9.17) is 4.98 Å². The average Bonchev–Trinajstić information content (AvgIpc) is 2.99. The molecular weight excluding hydrogens is 502 g/mol. The molecule has 2 aliphatic rings. The Bertz CT molecular complexity index is 1370. The quantitative estimate of drug-likeness (QED) is 0.310. The molecule has 0 saturated heterocycles. The van der Waals surface area contributed by atoms with Gasteiger partial charge in [0.15, 0.2) is 11.6 Å². The average molecular weight is 540 g/mol. The molecule has 3 aromatic rings. The Kier molecular flexibility index (Phi) is 9.44. The Hall–Kier alpha value is -3.72. The summed E-state index contributed by atoms with van der Waals surface area (Å²) < 4.78 is 0. The van der Waals surface area contributed by atoms with Crippen LogP contribution in [0.1, 0.15) is 79.3 Å². The molecule has 0 atom stereocenters. The summed E-state index contributed by atoms with van der Waals surface area (Å²) in [6.07, 6.45) is 4.07. The molecule has 2 aromatic carbocycles. The van der Waals surface area contributed by atoms with Crippen LogP contribution in [0, 0.1) is 0 Å². The van der Waals surface area contributed by atoms with Gasteiger partial charge in [0.1, 0.15) is 0 Å². The highest BCUT2D eigenvalue weighted by Gasteiger charge is 2.29. The van der Waals surface area contributed by atoms with Gasteiger partial charge in [-0.05, 0) is 69.2 Å². The Labute approximate surface area is 235 Å². The van der Waals surface area contributed by atoms with Crippen molar-refractivity contribution < 1.29 is 14.4 Å². The molecule has 1 aliphatic heterocycles. The Morgan fingerprint density at radius 2 is 1.48 bits per heavy atom. The van der Waals surface area contributed by atoms with Crippen molar-refractivity contribution in [2.24, 2.45) is 0 Å². The lowest BCUT2D eigenvalue weighted by Gasteiger charge is -2.22. The minimum Gasteiger partial charge on any atom is -0.352 e. The SMILES string of the molecule is O=C(NCCCCCN1CCCNCc2cccc(n2)CNCC1)c1ccc2c(c1)C(=O)c1ccccc1C2=O. The van der Waals surface area contributed by atoms with Gasteiger partial charge in [0, 0.05) is 60.5 Å². The van der Waals surface area contributed by atoms with Gasteiger partial charge in [-0.1, -0.05) is 36.8 Å². The van der Waals surface area contributed by atoms with Gasteiger partial charge in [0.25, 0.3) is 5.91 Å². The highest BCUT2D eigenvalue weighted by Crippen LogP contribution is 2.27. The number of aromatic nitrogens is 1. The van der Waals surface area contributed by atoms with E-state index in [1.54, 1.807) is 42.5 Å². The highest BCUT2D eigenvalue weighted by molar-refractivity contribution is 6.28. The van der Waals surface area contributed by atoms with Gasteiger partial charge in [-0.3, -0.25) is 19.4 Å². The second-order valence-electron chi connectivity index (χ2n) is 10.4. The zero-order chi connectivity index (χ0) is 27.7. The summed E-state index contributed by atoms with van der Waals surface area (Å²) >= 11 is 0. The number of hydrogen-bond acceptors (Lipinski definition) is 7. The lowest BCUT2D eigenvalue weighted by atomic mass is 9.83. The smallest absolute Gasteiger partial charge is 0.251 e. The molecule has 1 aromatic heterocycles. The number of pyridine rings is 1. The second-order valence-corrected chi connectivity index (χ2v) is 10.4. The van der Waals surface area contributed by atoms with Crippen LogP contribution in [0.25, 0.3) is 0 Å². The van der Waals surface area contributed by atoms with Gasteiger partial charge >= 0.3 is 0 Å². The molecular formula is C32H37N5O3. The number of fused-ring (bicyclic) bond motifs is 4. The van der Waals surface area contributed by atoms with E-state index in [0.717, 1.165) is 82.9 Å². The standard InChI is InChI=1S/C32H37N5O3/c38-30-26-10-2-3-11-27(26)31(39)29-20-23(12-13-28(29)30)32(40)35-15-4-1-5-17-37-18-7-14-33-21-24-8-6-9-25(36-24)22-34-16-19-37/h2-3,6,8-13,20,33-34H,1,4-5,7,14-19,21-22H2,(H,35,40). The van der Waals surface area contributed by atoms with Crippen molar-refractivity contribution in [3.8, 4) is 0 Å². The van der Waals surface area contributed by atoms with Crippen LogP contribution in [0.15, 0.2) is 60.7 Å². The first kappa shape index (κ1) is 27.8. The summed E-state index contributed by atoms with van der Waals surface area (Å²) in [7, 11) is 0. The van der Waals surface area contributed by atoms with E-state index in [2.05, 4.69) is 39.0 Å². The molecule has 8 heteroatoms. The normalized spacial score (nSPS) is 16.2. The molecule has 5 rings (SSSR count). The summed E-state index contributed by atoms with van der Waals surface area (Å²) in [6.45, 7) is 7.14. The largest absolute Gasteiger partial charge is 0.352 e. The number of ketones is 2. The molecule has 2 heterocycles. The van der Waals surface area contributed by atoms with Crippen molar-refractivity contribution in [2.45, 2.75) is 38.8 Å². The van der Waals surface area contributed by atoms with E-state index in [-0.39, 0.29) is 17.5 Å². The van der Waals surface area contributed by atoms with E-state index in [9.17, 15) is 14.4 Å². The number of amides is 1. The first-order valence-electron chi connectivity index (χ1n) is 14.3. The van der Waals surface area contributed by atoms with Crippen LogP contribution < -0.4 is 16.0 Å². The predicted molar refractivity (Wildman–Crippen MR) is 155 cm³/mol. The maximum absolute atomic E-state index is 13.0. The van der Waals surface area contributed by atoms with E-state index in [1.165, 1.54) is 0 Å². The number of carbonyl (C=O) groups excluding carboxylic acids is 3. The molecule has 1 aliphatic carbocycles. The van der Waals surface area contributed by atoms with Gasteiger partial charge in [-0.15, -0.1) is 0 Å². The lowest BCUT2D eigenvalue weighted by molar-refractivity contribution is 0.0950. The fourth-order valence-corrected chi connectivity index (χ4v) is 5.34. The van der Waals surface area contributed by atoms with Crippen molar-refractivity contribution in [1.82, 2.24) is 25.8 Å². The molecule has 3 N–H and O–H groups in total. The number of rotatable bonds is 7. The summed E-state index contributed by atoms with van der Waals surface area (Å²) in [5.74, 6) is -0.614. The van der Waals surface area contributed by atoms with Crippen LogP contribution in [0.3, 0.4) is 0 Å². The van der Waals surface area contributed by atoms with Crippen LogP contribution in [-0.2, 0) is 13.1 Å². The Morgan fingerprint density at radius 3 is 2.25 bits per heavy atom. The molecule has 8 nitrogen and oxygen atoms in total. The van der Waals surface area contributed by atoms with Crippen LogP contribution in [0.2, 0.25) is 0 Å². The van der Waals surface area contributed by atoms with E-state index in [0.29, 0.717) is 34.4 Å². The lowest BCUT2D eigenvalue weighted by Crippen LogP contribution is -2.34. The second kappa shape index (κ2) is 13.6. The Morgan fingerprint density at radius 1 is 0.775 bits per heavy atom. The van der Waals surface area contributed by atoms with Crippen molar-refractivity contribution >= 4 is 17.5 Å². The van der Waals surface area contributed by atoms with Gasteiger partial charge < -0.3 is 20.9 Å². The zero-order valence-electron chi connectivity index (χ0n) is 22.9. The van der Waals surface area contributed by atoms with Crippen molar-refractivity contribution in [1.29, 1.82) is 0 Å². The maximum Gasteiger partial charge on any atom is 0.251 e. The number of nitrogens with zero attached hydrogens (tertiary/aromatic N) is 2. The van der Waals surface area contributed by atoms with Crippen LogP contribution in [0.5, 0.6) is 0 Å². The Balaban J connectivity index is 1.04. The minimum absolute atomic E-state index is 0.177. The molecule has 0 fully saturated rings. The van der Waals surface area contributed by atoms with E-state index < -0.39 is 0 Å². The molecule has 2 bridgehead atoms. The monoisotopic (exact) mass is 539 g/mol. The minimum atomic E-state index is -0.223. The van der Waals surface area contributed by atoms with E-state index in [1.807, 2.05) is 0 Å². The molecule has 1 amide bonds. The summed E-state index contributed by atoms with van der Waals surface area (Å²) in [4.78, 5) is 45.7. The summed E-state index contributed by atoms with van der Waals surface area (Å²) in [5, 5.41) is 9.99. The number of hydrogen-bond donors (Lipinski definition) is 3. The van der Waals surface area contributed by atoms with Gasteiger partial charge in [0.2, 0.25) is 0 Å². The molecule has 0 saturated carbocycles. The highest BCUT2D eigenvalue weighted by atomic mass is 16.2. The molecule has 40 heavy (non-hydrogen) atoms. The van der Waals surface area contributed by atoms with Crippen LogP contribution in [-0.4, -0.2) is 66.6 Å². The fraction of sp³-hybridized carbons (Fsp3) is 0.375. The molecule has 0 unspecified atom stereocenters. The molecule has 208 valence electrons. The number of benzene rings is 2. The van der Waals surface area contributed by atoms with Crippen LogP contribution in [0.4, 0.5) is 0 Å². The van der Waals surface area contributed by atoms with Crippen molar-refractivity contribution in [3.63, 3.8) is 0 Å². The predicted octanol–water partition coefficient (Wildman–Crippen LogP) is 3.34. The van der Waals surface area contributed by atoms with Crippen molar-refractivity contribution in [3.05, 3.63) is 99.9 Å². The fourth-order valence-electron chi connectivity index (χ4n) is 5.34. The molecule has 0 spiro atoms. The topological polar surface area (TPSA) is 103 Å². The van der Waals surface area contributed by atoms with Crippen molar-refractivity contribution in [2.75, 3.05) is 39.3 Å². The number of carbonyl (C=O) groups is 3. The number of unbranched alkanes of at least 4 members (excludes halogenated alkanes) is 2. The first-order chi connectivity index (χ1) is 19.6. The van der Waals surface area contributed by atoms with Gasteiger partial charge in [-0.25, -0.2) is 0 Å². The third-order valence-electron chi connectivity index (χ3n) is 7.53. The third kappa shape index (κ3) is 6.88. The summed E-state index contributed by atoms with van der Waals surface area (Å²) in [5.41, 5.74) is 4.03. The van der Waals surface area contributed by atoms with Gasteiger partial charge in [-0.2, -0.15) is 0 Å². The number of nitrogens with one attached hydrogen (secondary N) is 3. The third-order valence-corrected chi connectivity index (χ3v) is 7.53. The first-order valence-corrected chi connectivity index (χ1v) is 14.3. The van der Waals surface area contributed by atoms with E-state index >= 15 is 0 Å². The molecule has 0 radical (unpaired) electrons. The van der Waals surface area contributed by atoms with Crippen LogP contribution >= 0.6 is 0 Å². The van der Waals surface area contributed by atoms with Gasteiger partial charge in [0.05, 0.1) is 11.4 Å².